The summed E-state index contributed by atoms with van der Waals surface area (Å²) >= 11 is 0. The lowest BCUT2D eigenvalue weighted by atomic mass is 9.89. The highest BCUT2D eigenvalue weighted by Gasteiger charge is 2.26. The Balaban J connectivity index is 0.000000758. The maximum absolute atomic E-state index is 8.47. The lowest BCUT2D eigenvalue weighted by molar-refractivity contribution is -0.191. The van der Waals surface area contributed by atoms with Gasteiger partial charge in [-0.25, -0.2) is 0 Å². The standard InChI is InChI=1S/C20H24N2O.CO2/c1-2-14-22-15-6-9-19(20(22)21)16-10-12-18(13-11-16)23-17-7-4-3-5-8-17;2-1-3/h3-5,7-8,10-13,19,21H,2,6,9,14-15H2,1H3;/t19-;/m1./s1. The van der Waals surface area contributed by atoms with Crippen molar-refractivity contribution in [2.24, 2.45) is 0 Å². The van der Waals surface area contributed by atoms with Crippen LogP contribution in [0.5, 0.6) is 11.5 Å². The molecule has 136 valence electrons. The Morgan fingerprint density at radius 2 is 1.69 bits per heavy atom. The number of piperidine rings is 1. The smallest absolute Gasteiger partial charge is 0.373 e. The highest BCUT2D eigenvalue weighted by atomic mass is 16.5. The molecule has 1 heterocycles. The zero-order valence-corrected chi connectivity index (χ0v) is 15.0. The van der Waals surface area contributed by atoms with E-state index >= 15 is 0 Å². The van der Waals surface area contributed by atoms with Gasteiger partial charge < -0.3 is 9.64 Å². The second-order valence-corrected chi connectivity index (χ2v) is 6.13. The van der Waals surface area contributed by atoms with E-state index in [1.165, 1.54) is 5.56 Å². The molecule has 2 aromatic carbocycles. The normalized spacial score (nSPS) is 16.3. The topological polar surface area (TPSA) is 70.5 Å². The molecular formula is C21H24N2O3. The zero-order chi connectivity index (χ0) is 18.8. The molecular weight excluding hydrogens is 328 g/mol. The number of rotatable bonds is 5. The Bertz CT molecular complexity index is 721. The predicted molar refractivity (Wildman–Crippen MR) is 99.5 cm³/mol. The molecule has 0 aromatic heterocycles. The van der Waals surface area contributed by atoms with Crippen LogP contribution in [0.1, 0.15) is 37.7 Å². The number of nitrogens with one attached hydrogen (secondary N) is 1. The van der Waals surface area contributed by atoms with Crippen LogP contribution in [0.3, 0.4) is 0 Å². The van der Waals surface area contributed by atoms with E-state index in [1.807, 2.05) is 42.5 Å². The quantitative estimate of drug-likeness (QED) is 0.862. The summed E-state index contributed by atoms with van der Waals surface area (Å²) in [6, 6.07) is 18.0. The number of amidine groups is 1. The van der Waals surface area contributed by atoms with Crippen LogP contribution in [0.4, 0.5) is 0 Å². The minimum Gasteiger partial charge on any atom is -0.457 e. The fourth-order valence-corrected chi connectivity index (χ4v) is 3.18. The number of carbonyl (C=O) groups excluding carboxylic acids is 2. The summed E-state index contributed by atoms with van der Waals surface area (Å²) in [5.41, 5.74) is 1.22. The summed E-state index contributed by atoms with van der Waals surface area (Å²) < 4.78 is 5.84. The number of hydrogen-bond acceptors (Lipinski definition) is 4. The van der Waals surface area contributed by atoms with E-state index in [9.17, 15) is 0 Å². The van der Waals surface area contributed by atoms with Crippen molar-refractivity contribution in [2.75, 3.05) is 13.1 Å². The van der Waals surface area contributed by atoms with E-state index in [2.05, 4.69) is 24.0 Å². The maximum Gasteiger partial charge on any atom is 0.373 e. The van der Waals surface area contributed by atoms with Gasteiger partial charge in [0.05, 0.1) is 0 Å². The van der Waals surface area contributed by atoms with Gasteiger partial charge in [-0.3, -0.25) is 5.41 Å². The Kier molecular flexibility index (Phi) is 7.59. The first-order valence-electron chi connectivity index (χ1n) is 8.85. The van der Waals surface area contributed by atoms with Crippen molar-refractivity contribution in [1.82, 2.24) is 4.90 Å². The molecule has 0 amide bonds. The van der Waals surface area contributed by atoms with Crippen molar-refractivity contribution in [3.8, 4) is 11.5 Å². The van der Waals surface area contributed by atoms with Crippen LogP contribution in [-0.2, 0) is 9.59 Å². The van der Waals surface area contributed by atoms with Gasteiger partial charge in [0, 0.05) is 19.0 Å². The van der Waals surface area contributed by atoms with E-state index in [-0.39, 0.29) is 12.1 Å². The van der Waals surface area contributed by atoms with Crippen LogP contribution in [0.25, 0.3) is 0 Å². The van der Waals surface area contributed by atoms with Gasteiger partial charge in [-0.15, -0.1) is 0 Å². The number of para-hydroxylation sites is 1. The predicted octanol–water partition coefficient (Wildman–Crippen LogP) is 4.46. The van der Waals surface area contributed by atoms with Gasteiger partial charge in [-0.05, 0) is 49.1 Å². The van der Waals surface area contributed by atoms with Crippen molar-refractivity contribution in [2.45, 2.75) is 32.1 Å². The third-order valence-corrected chi connectivity index (χ3v) is 4.35. The summed E-state index contributed by atoms with van der Waals surface area (Å²) in [6.07, 6.45) is 3.58. The molecule has 5 nitrogen and oxygen atoms in total. The van der Waals surface area contributed by atoms with Gasteiger partial charge in [0.2, 0.25) is 0 Å². The number of ether oxygens (including phenoxy) is 1. The molecule has 3 rings (SSSR count). The minimum absolute atomic E-state index is 0.223. The van der Waals surface area contributed by atoms with Crippen molar-refractivity contribution in [3.05, 3.63) is 60.2 Å². The average molecular weight is 352 g/mol. The lowest BCUT2D eigenvalue weighted by Crippen LogP contribution is -2.40. The molecule has 0 radical (unpaired) electrons. The SMILES string of the molecule is CCCN1CCC[C@H](c2ccc(Oc3ccccc3)cc2)C1=N.O=C=O. The first-order valence-corrected chi connectivity index (χ1v) is 8.85. The van der Waals surface area contributed by atoms with Crippen LogP contribution >= 0.6 is 0 Å². The number of likely N-dealkylation sites (tertiary alicyclic amines) is 1. The Labute approximate surface area is 154 Å². The molecule has 26 heavy (non-hydrogen) atoms. The summed E-state index contributed by atoms with van der Waals surface area (Å²) in [5, 5.41) is 8.47. The summed E-state index contributed by atoms with van der Waals surface area (Å²) in [6.45, 7) is 4.19. The molecule has 2 aromatic rings. The average Bonchev–Trinajstić information content (AvgIpc) is 2.66. The van der Waals surface area contributed by atoms with Crippen molar-refractivity contribution in [1.29, 1.82) is 5.41 Å². The van der Waals surface area contributed by atoms with Gasteiger partial charge >= 0.3 is 6.15 Å². The molecule has 0 aliphatic carbocycles. The lowest BCUT2D eigenvalue weighted by Gasteiger charge is -2.35. The van der Waals surface area contributed by atoms with Gasteiger partial charge in [-0.2, -0.15) is 9.59 Å². The van der Waals surface area contributed by atoms with Crippen molar-refractivity contribution in [3.63, 3.8) is 0 Å². The van der Waals surface area contributed by atoms with Crippen LogP contribution in [0.15, 0.2) is 54.6 Å². The van der Waals surface area contributed by atoms with Crippen LogP contribution in [-0.4, -0.2) is 30.0 Å². The van der Waals surface area contributed by atoms with Gasteiger partial charge in [0.15, 0.2) is 0 Å². The van der Waals surface area contributed by atoms with Crippen LogP contribution in [0.2, 0.25) is 0 Å². The molecule has 0 spiro atoms. The Morgan fingerprint density at radius 1 is 1.08 bits per heavy atom. The largest absolute Gasteiger partial charge is 0.457 e. The van der Waals surface area contributed by atoms with Gasteiger partial charge in [0.25, 0.3) is 0 Å². The maximum atomic E-state index is 8.47. The number of nitrogens with zero attached hydrogens (tertiary/aromatic N) is 1. The molecule has 1 atom stereocenters. The second-order valence-electron chi connectivity index (χ2n) is 6.13. The zero-order valence-electron chi connectivity index (χ0n) is 15.0. The first-order chi connectivity index (χ1) is 12.7. The number of benzene rings is 2. The summed E-state index contributed by atoms with van der Waals surface area (Å²) in [5.74, 6) is 2.68. The molecule has 5 heteroatoms. The number of hydrogen-bond donors (Lipinski definition) is 1. The third kappa shape index (κ3) is 5.30. The molecule has 1 aliphatic heterocycles. The Hall–Kier alpha value is -2.91. The van der Waals surface area contributed by atoms with Gasteiger partial charge in [0.1, 0.15) is 17.3 Å². The fourth-order valence-electron chi connectivity index (χ4n) is 3.18. The van der Waals surface area contributed by atoms with Crippen LogP contribution in [0, 0.1) is 5.41 Å². The molecule has 0 saturated carbocycles. The summed E-state index contributed by atoms with van der Waals surface area (Å²) in [7, 11) is 0. The van der Waals surface area contributed by atoms with E-state index in [0.29, 0.717) is 0 Å². The molecule has 0 bridgehead atoms. The minimum atomic E-state index is 0.223. The van der Waals surface area contributed by atoms with E-state index in [4.69, 9.17) is 19.7 Å². The van der Waals surface area contributed by atoms with E-state index < -0.39 is 0 Å². The Morgan fingerprint density at radius 3 is 2.31 bits per heavy atom. The van der Waals surface area contributed by atoms with E-state index in [0.717, 1.165) is 49.7 Å². The third-order valence-electron chi connectivity index (χ3n) is 4.35. The van der Waals surface area contributed by atoms with Crippen molar-refractivity contribution >= 4 is 12.0 Å². The van der Waals surface area contributed by atoms with Crippen LogP contribution < -0.4 is 4.74 Å². The first kappa shape index (κ1) is 19.4. The molecule has 1 fully saturated rings. The highest BCUT2D eigenvalue weighted by molar-refractivity contribution is 5.87. The highest BCUT2D eigenvalue weighted by Crippen LogP contribution is 2.30. The summed E-state index contributed by atoms with van der Waals surface area (Å²) in [4.78, 5) is 18.5. The van der Waals surface area contributed by atoms with Gasteiger partial charge in [-0.1, -0.05) is 37.3 Å². The van der Waals surface area contributed by atoms with Crippen molar-refractivity contribution < 1.29 is 14.3 Å². The molecule has 1 aliphatic rings. The molecule has 0 unspecified atom stereocenters. The monoisotopic (exact) mass is 352 g/mol. The van der Waals surface area contributed by atoms with E-state index in [1.54, 1.807) is 0 Å². The second kappa shape index (κ2) is 10.2. The molecule has 1 saturated heterocycles. The molecule has 1 N–H and O–H groups in total. The fraction of sp³-hybridized carbons (Fsp3) is 0.333.